The van der Waals surface area contributed by atoms with E-state index in [9.17, 15) is 0 Å². The third-order valence-corrected chi connectivity index (χ3v) is 0.354. The van der Waals surface area contributed by atoms with Gasteiger partial charge in [0.1, 0.15) is 0 Å². The van der Waals surface area contributed by atoms with E-state index in [-0.39, 0.29) is 4.32 Å². The van der Waals surface area contributed by atoms with E-state index in [2.05, 4.69) is 36.1 Å². The van der Waals surface area contributed by atoms with Crippen LogP contribution in [0.4, 0.5) is 0 Å². The number of hydrogen-bond donors (Lipinski definition) is 2. The molecule has 30 valence electrons. The highest BCUT2D eigenvalue weighted by molar-refractivity contribution is 8.00. The molecule has 0 unspecified atom stereocenters. The molecular weight excluding hydrogens is 104 g/mol. The molecule has 5 heavy (non-hydrogen) atoms. The summed E-state index contributed by atoms with van der Waals surface area (Å²) in [7, 11) is 0. The summed E-state index contributed by atoms with van der Waals surface area (Å²) >= 11 is 8.55. The summed E-state index contributed by atoms with van der Waals surface area (Å²) in [4.78, 5) is 0. The van der Waals surface area contributed by atoms with Crippen molar-refractivity contribution in [2.24, 2.45) is 5.84 Å². The van der Waals surface area contributed by atoms with Crippen molar-refractivity contribution in [2.45, 2.75) is 0 Å². The minimum absolute atomic E-state index is 0.199. The Morgan fingerprint density at radius 1 is 2.00 bits per heavy atom. The molecule has 0 aliphatic carbocycles. The molecule has 0 spiro atoms. The van der Waals surface area contributed by atoms with Crippen molar-refractivity contribution >= 4 is 29.2 Å². The van der Waals surface area contributed by atoms with Crippen LogP contribution in [0, 0.1) is 0 Å². The Labute approximate surface area is 41.1 Å². The molecule has 0 heterocycles. The van der Waals surface area contributed by atoms with Crippen LogP contribution in [0.2, 0.25) is 0 Å². The SMILES string of the molecule is NNC(=S)[S-]. The maximum Gasteiger partial charge on any atom is -0.0502 e. The lowest BCUT2D eigenvalue weighted by atomic mass is 11.5. The fourth-order valence-electron chi connectivity index (χ4n) is 0. The van der Waals surface area contributed by atoms with Crippen LogP contribution in [0.5, 0.6) is 0 Å². The number of hydrazine groups is 1. The molecule has 0 radical (unpaired) electrons. The molecule has 0 bridgehead atoms. The van der Waals surface area contributed by atoms with E-state index >= 15 is 0 Å². The van der Waals surface area contributed by atoms with Crippen LogP contribution in [0.25, 0.3) is 0 Å². The minimum Gasteiger partial charge on any atom is -0.410 e. The number of thiocarbonyl (C=S) groups is 1. The first-order valence-corrected chi connectivity index (χ1v) is 1.76. The van der Waals surface area contributed by atoms with Crippen molar-refractivity contribution in [1.82, 2.24) is 5.43 Å². The Morgan fingerprint density at radius 3 is 2.20 bits per heavy atom. The van der Waals surface area contributed by atoms with Gasteiger partial charge < -0.3 is 30.3 Å². The van der Waals surface area contributed by atoms with Gasteiger partial charge in [0.15, 0.2) is 0 Å². The van der Waals surface area contributed by atoms with E-state index in [1.807, 2.05) is 0 Å². The first kappa shape index (κ1) is 5.07. The lowest BCUT2D eigenvalue weighted by Gasteiger charge is -1.97. The fraction of sp³-hybridized carbons (Fsp3) is 0. The van der Waals surface area contributed by atoms with Crippen molar-refractivity contribution in [3.8, 4) is 0 Å². The maximum absolute atomic E-state index is 4.68. The summed E-state index contributed by atoms with van der Waals surface area (Å²) in [5, 5.41) is 0. The minimum atomic E-state index is 0.199. The molecule has 0 amide bonds. The molecule has 2 nitrogen and oxygen atoms in total. The van der Waals surface area contributed by atoms with Gasteiger partial charge in [-0.25, -0.2) is 0 Å². The lowest BCUT2D eigenvalue weighted by Crippen LogP contribution is -2.25. The van der Waals surface area contributed by atoms with Crippen LogP contribution >= 0.6 is 12.2 Å². The van der Waals surface area contributed by atoms with Crippen LogP contribution in [0.1, 0.15) is 0 Å². The second-order valence-corrected chi connectivity index (χ2v) is 1.51. The number of nitrogens with two attached hydrogens (primary N) is 1. The quantitative estimate of drug-likeness (QED) is 0.185. The molecule has 0 aromatic heterocycles. The molecule has 0 fully saturated rings. The summed E-state index contributed by atoms with van der Waals surface area (Å²) in [6, 6.07) is 0. The summed E-state index contributed by atoms with van der Waals surface area (Å²) in [5.41, 5.74) is 2.07. The monoisotopic (exact) mass is 107 g/mol. The molecule has 0 saturated heterocycles. The van der Waals surface area contributed by atoms with Crippen LogP contribution in [-0.4, -0.2) is 4.32 Å². The fourth-order valence-corrected chi connectivity index (χ4v) is 0. The van der Waals surface area contributed by atoms with Gasteiger partial charge in [-0.3, -0.25) is 5.84 Å². The van der Waals surface area contributed by atoms with Crippen LogP contribution in [-0.2, 0) is 12.6 Å². The van der Waals surface area contributed by atoms with Crippen LogP contribution in [0.15, 0.2) is 0 Å². The van der Waals surface area contributed by atoms with Crippen molar-refractivity contribution in [3.63, 3.8) is 0 Å². The zero-order valence-electron chi connectivity index (χ0n) is 2.39. The Bertz CT molecular complexity index is 42.9. The van der Waals surface area contributed by atoms with Gasteiger partial charge in [-0.1, -0.05) is 4.32 Å². The Hall–Kier alpha value is 0.0700. The molecule has 3 N–H and O–H groups in total. The third-order valence-electron chi connectivity index (χ3n) is 0.118. The van der Waals surface area contributed by atoms with E-state index in [0.717, 1.165) is 0 Å². The van der Waals surface area contributed by atoms with E-state index < -0.39 is 0 Å². The zero-order valence-corrected chi connectivity index (χ0v) is 4.03. The number of nitrogens with one attached hydrogen (secondary N) is 1. The Morgan fingerprint density at radius 2 is 2.20 bits per heavy atom. The Balaban J connectivity index is 2.85. The van der Waals surface area contributed by atoms with E-state index in [1.54, 1.807) is 0 Å². The normalized spacial score (nSPS) is 6.60. The summed E-state index contributed by atoms with van der Waals surface area (Å²) in [5.74, 6) is 4.68. The zero-order chi connectivity index (χ0) is 4.28. The molecule has 0 aromatic carbocycles. The van der Waals surface area contributed by atoms with Gasteiger partial charge in [-0.05, 0) is 0 Å². The average Bonchev–Trinajstić information content (AvgIpc) is 1.38. The first-order valence-electron chi connectivity index (χ1n) is 0.947. The summed E-state index contributed by atoms with van der Waals surface area (Å²) in [6.45, 7) is 0. The topological polar surface area (TPSA) is 38.0 Å². The standard InChI is InChI=1S/CH4N2S2/c2-3-1(4)5/h2H2,(H2,3,4,5)/p-1. The molecule has 0 saturated carbocycles. The van der Waals surface area contributed by atoms with Crippen molar-refractivity contribution in [3.05, 3.63) is 0 Å². The van der Waals surface area contributed by atoms with Gasteiger partial charge in [0.2, 0.25) is 0 Å². The van der Waals surface area contributed by atoms with Gasteiger partial charge in [0.25, 0.3) is 0 Å². The predicted octanol–water partition coefficient (Wildman–Crippen LogP) is -0.718. The second-order valence-electron chi connectivity index (χ2n) is 0.432. The van der Waals surface area contributed by atoms with Crippen molar-refractivity contribution in [2.75, 3.05) is 0 Å². The summed E-state index contributed by atoms with van der Waals surface area (Å²) in [6.07, 6.45) is 0. The van der Waals surface area contributed by atoms with E-state index in [1.165, 1.54) is 0 Å². The Kier molecular flexibility index (Phi) is 2.35. The van der Waals surface area contributed by atoms with Crippen molar-refractivity contribution < 1.29 is 0 Å². The largest absolute Gasteiger partial charge is 0.410 e. The highest BCUT2D eigenvalue weighted by Crippen LogP contribution is 1.51. The summed E-state index contributed by atoms with van der Waals surface area (Å²) < 4.78 is 0.199. The van der Waals surface area contributed by atoms with Gasteiger partial charge in [-0.2, -0.15) is 0 Å². The molecule has 0 aliphatic heterocycles. The van der Waals surface area contributed by atoms with Crippen LogP contribution in [0.3, 0.4) is 0 Å². The molecule has 0 atom stereocenters. The molecule has 0 rings (SSSR count). The van der Waals surface area contributed by atoms with E-state index in [4.69, 9.17) is 0 Å². The average molecular weight is 107 g/mol. The number of rotatable bonds is 0. The highest BCUT2D eigenvalue weighted by atomic mass is 32.1. The van der Waals surface area contributed by atoms with E-state index in [0.29, 0.717) is 0 Å². The molecule has 0 aliphatic rings. The first-order chi connectivity index (χ1) is 2.27. The highest BCUT2D eigenvalue weighted by Gasteiger charge is 1.51. The second kappa shape index (κ2) is 2.32. The third kappa shape index (κ3) is 4.07. The molecular formula is CH3N2S2-. The van der Waals surface area contributed by atoms with Gasteiger partial charge in [-0.15, -0.1) is 0 Å². The maximum atomic E-state index is 4.68. The van der Waals surface area contributed by atoms with Gasteiger partial charge in [0, 0.05) is 0 Å². The van der Waals surface area contributed by atoms with Gasteiger partial charge in [0.05, 0.1) is 0 Å². The smallest absolute Gasteiger partial charge is 0.0502 e. The van der Waals surface area contributed by atoms with Gasteiger partial charge >= 0.3 is 0 Å². The predicted molar refractivity (Wildman–Crippen MR) is 27.3 cm³/mol. The molecule has 0 aromatic rings. The number of hydrogen-bond acceptors (Lipinski definition) is 3. The van der Waals surface area contributed by atoms with Crippen LogP contribution < -0.4 is 11.3 Å². The molecule has 4 heteroatoms. The van der Waals surface area contributed by atoms with Crippen molar-refractivity contribution in [1.29, 1.82) is 0 Å². The lowest BCUT2D eigenvalue weighted by molar-refractivity contribution is 1.07.